The van der Waals surface area contributed by atoms with Crippen molar-refractivity contribution in [2.75, 3.05) is 0 Å². The lowest BCUT2D eigenvalue weighted by Gasteiger charge is -2.11. The summed E-state index contributed by atoms with van der Waals surface area (Å²) in [6.45, 7) is 0. The first-order chi connectivity index (χ1) is 18.8. The molecule has 0 bridgehead atoms. The lowest BCUT2D eigenvalue weighted by molar-refractivity contribution is 1.35. The van der Waals surface area contributed by atoms with Crippen LogP contribution in [0.4, 0.5) is 0 Å². The molecule has 0 aliphatic heterocycles. The Kier molecular flexibility index (Phi) is 3.70. The van der Waals surface area contributed by atoms with E-state index in [4.69, 9.17) is 19.9 Å². The highest BCUT2D eigenvalue weighted by Crippen LogP contribution is 2.36. The number of fused-ring (bicyclic) bond motifs is 14. The van der Waals surface area contributed by atoms with Crippen LogP contribution in [0, 0.1) is 0 Å². The van der Waals surface area contributed by atoms with Crippen molar-refractivity contribution in [2.24, 2.45) is 0 Å². The average Bonchev–Trinajstić information content (AvgIpc) is 2.99. The zero-order chi connectivity index (χ0) is 24.8. The van der Waals surface area contributed by atoms with Gasteiger partial charge in [-0.15, -0.1) is 0 Å². The highest BCUT2D eigenvalue weighted by Gasteiger charge is 2.16. The van der Waals surface area contributed by atoms with E-state index in [0.29, 0.717) is 0 Å². The van der Waals surface area contributed by atoms with E-state index in [-0.39, 0.29) is 0 Å². The minimum absolute atomic E-state index is 0.775. The van der Waals surface area contributed by atoms with Gasteiger partial charge in [0, 0.05) is 33.9 Å². The summed E-state index contributed by atoms with van der Waals surface area (Å²) < 4.78 is 0. The second-order valence-corrected chi connectivity index (χ2v) is 9.56. The molecule has 0 radical (unpaired) electrons. The Hall–Kier alpha value is -5.36. The molecule has 174 valence electrons. The number of hydrogen-bond donors (Lipinski definition) is 0. The van der Waals surface area contributed by atoms with Gasteiger partial charge in [-0.25, -0.2) is 19.9 Å². The lowest BCUT2D eigenvalue weighted by Crippen LogP contribution is -1.95. The van der Waals surface area contributed by atoms with Crippen molar-refractivity contribution in [3.8, 4) is 0 Å². The maximum Gasteiger partial charge on any atom is 0.0996 e. The highest BCUT2D eigenvalue weighted by molar-refractivity contribution is 6.24. The third-order valence-corrected chi connectivity index (χ3v) is 7.45. The average molecular weight is 485 g/mol. The number of hydrogen-bond acceptors (Lipinski definition) is 6. The minimum atomic E-state index is 0.775. The smallest absolute Gasteiger partial charge is 0.0996 e. The Bertz CT molecular complexity index is 2120. The summed E-state index contributed by atoms with van der Waals surface area (Å²) in [4.78, 5) is 29.7. The van der Waals surface area contributed by atoms with E-state index in [0.717, 1.165) is 76.7 Å². The van der Waals surface area contributed by atoms with Gasteiger partial charge >= 0.3 is 0 Å². The van der Waals surface area contributed by atoms with E-state index in [1.54, 1.807) is 12.4 Å². The van der Waals surface area contributed by atoms with E-state index in [1.165, 1.54) is 10.8 Å². The fraction of sp³-hybridized carbons (Fsp3) is 0. The van der Waals surface area contributed by atoms with Gasteiger partial charge in [-0.2, -0.15) is 0 Å². The first-order valence-electron chi connectivity index (χ1n) is 12.5. The quantitative estimate of drug-likeness (QED) is 0.166. The van der Waals surface area contributed by atoms with Crippen LogP contribution in [-0.2, 0) is 0 Å². The van der Waals surface area contributed by atoms with Crippen molar-refractivity contribution in [3.63, 3.8) is 0 Å². The van der Waals surface area contributed by atoms with Crippen LogP contribution in [0.3, 0.4) is 0 Å². The molecule has 0 unspecified atom stereocenters. The van der Waals surface area contributed by atoms with Crippen LogP contribution in [0.2, 0.25) is 0 Å². The van der Waals surface area contributed by atoms with Crippen LogP contribution in [-0.4, -0.2) is 29.9 Å². The number of pyridine rings is 2. The number of nitrogens with zero attached hydrogens (tertiary/aromatic N) is 6. The first kappa shape index (κ1) is 19.8. The van der Waals surface area contributed by atoms with Gasteiger partial charge in [-0.1, -0.05) is 48.5 Å². The maximum absolute atomic E-state index is 5.15. The Morgan fingerprint density at radius 2 is 0.658 bits per heavy atom. The Morgan fingerprint density at radius 1 is 0.316 bits per heavy atom. The van der Waals surface area contributed by atoms with Crippen molar-refractivity contribution < 1.29 is 0 Å². The maximum atomic E-state index is 5.15. The highest BCUT2D eigenvalue weighted by atomic mass is 14.9. The topological polar surface area (TPSA) is 77.3 Å². The van der Waals surface area contributed by atoms with Crippen LogP contribution in [0.1, 0.15) is 0 Å². The van der Waals surface area contributed by atoms with Gasteiger partial charge in [0.1, 0.15) is 0 Å². The van der Waals surface area contributed by atoms with Gasteiger partial charge in [0.05, 0.1) is 55.2 Å². The number of rotatable bonds is 0. The van der Waals surface area contributed by atoms with Gasteiger partial charge in [0.15, 0.2) is 0 Å². The summed E-state index contributed by atoms with van der Waals surface area (Å²) in [6, 6.07) is 28.7. The van der Waals surface area contributed by atoms with Crippen molar-refractivity contribution in [1.82, 2.24) is 29.9 Å². The Balaban J connectivity index is 1.46. The third kappa shape index (κ3) is 2.56. The number of benzene rings is 5. The molecule has 0 spiro atoms. The zero-order valence-corrected chi connectivity index (χ0v) is 19.9. The lowest BCUT2D eigenvalue weighted by atomic mass is 9.99. The largest absolute Gasteiger partial charge is 0.254 e. The van der Waals surface area contributed by atoms with Crippen LogP contribution >= 0.6 is 0 Å². The summed E-state index contributed by atoms with van der Waals surface area (Å²) in [5.74, 6) is 0. The van der Waals surface area contributed by atoms with Crippen LogP contribution < -0.4 is 0 Å². The predicted octanol–water partition coefficient (Wildman–Crippen LogP) is 7.28. The van der Waals surface area contributed by atoms with E-state index >= 15 is 0 Å². The molecule has 0 N–H and O–H groups in total. The molecule has 0 saturated carbocycles. The molecule has 0 fully saturated rings. The molecule has 38 heavy (non-hydrogen) atoms. The van der Waals surface area contributed by atoms with Crippen molar-refractivity contribution in [3.05, 3.63) is 97.3 Å². The fourth-order valence-electron chi connectivity index (χ4n) is 5.78. The molecular weight excluding hydrogens is 468 g/mol. The molecule has 0 aliphatic rings. The summed E-state index contributed by atoms with van der Waals surface area (Å²) in [7, 11) is 0. The molecule has 0 saturated heterocycles. The van der Waals surface area contributed by atoms with Crippen molar-refractivity contribution >= 4 is 87.5 Å². The Labute approximate surface area is 214 Å². The van der Waals surface area contributed by atoms with E-state index in [9.17, 15) is 0 Å². The molecule has 6 heteroatoms. The van der Waals surface area contributed by atoms with E-state index < -0.39 is 0 Å². The second kappa shape index (κ2) is 7.11. The minimum Gasteiger partial charge on any atom is -0.254 e. The van der Waals surface area contributed by atoms with Gasteiger partial charge in [0.25, 0.3) is 0 Å². The molecule has 0 atom stereocenters. The fourth-order valence-corrected chi connectivity index (χ4v) is 5.78. The van der Waals surface area contributed by atoms with Gasteiger partial charge in [-0.05, 0) is 47.2 Å². The van der Waals surface area contributed by atoms with E-state index in [2.05, 4.69) is 58.5 Å². The third-order valence-electron chi connectivity index (χ3n) is 7.45. The molecule has 0 amide bonds. The van der Waals surface area contributed by atoms with Gasteiger partial charge < -0.3 is 0 Å². The summed E-state index contributed by atoms with van der Waals surface area (Å²) >= 11 is 0. The van der Waals surface area contributed by atoms with Crippen LogP contribution in [0.5, 0.6) is 0 Å². The van der Waals surface area contributed by atoms with Gasteiger partial charge in [0.2, 0.25) is 0 Å². The van der Waals surface area contributed by atoms with E-state index in [1.807, 2.05) is 36.4 Å². The first-order valence-corrected chi connectivity index (χ1v) is 12.5. The number of aromatic nitrogens is 6. The predicted molar refractivity (Wildman–Crippen MR) is 153 cm³/mol. The Morgan fingerprint density at radius 3 is 1.08 bits per heavy atom. The zero-order valence-electron chi connectivity index (χ0n) is 19.9. The molecule has 4 heterocycles. The van der Waals surface area contributed by atoms with Crippen molar-refractivity contribution in [1.29, 1.82) is 0 Å². The SMILES string of the molecule is c1ccc2c(c1)c1ccccc1c1nc3cc4nc5c6cccnc6c6ncccc6c5nc4cc3nc21. The molecule has 0 aliphatic carbocycles. The van der Waals surface area contributed by atoms with Gasteiger partial charge in [-0.3, -0.25) is 9.97 Å². The summed E-state index contributed by atoms with van der Waals surface area (Å²) in [6.07, 6.45) is 3.58. The summed E-state index contributed by atoms with van der Waals surface area (Å²) in [5, 5.41) is 6.41. The molecule has 6 nitrogen and oxygen atoms in total. The summed E-state index contributed by atoms with van der Waals surface area (Å²) in [5.41, 5.74) is 8.21. The van der Waals surface area contributed by atoms with Crippen LogP contribution in [0.25, 0.3) is 87.5 Å². The molecule has 5 aromatic carbocycles. The van der Waals surface area contributed by atoms with Crippen molar-refractivity contribution in [2.45, 2.75) is 0 Å². The van der Waals surface area contributed by atoms with Crippen LogP contribution in [0.15, 0.2) is 97.3 Å². The monoisotopic (exact) mass is 484 g/mol. The second-order valence-electron chi connectivity index (χ2n) is 9.56. The molecule has 9 aromatic rings. The standard InChI is InChI=1S/C32H16N6/c1-3-9-19-17(7-1)18-8-2-4-10-20(18)30-29(19)35-23-15-25-26(16-24(23)36-30)38-32-22-12-6-14-34-28(22)27-21(31(32)37-25)11-5-13-33-27/h1-16H. The molecule has 4 aromatic heterocycles. The molecule has 9 rings (SSSR count). The molecular formula is C32H16N6. The normalized spacial score (nSPS) is 12.2.